The maximum Gasteiger partial charge on any atom is 0.254 e. The van der Waals surface area contributed by atoms with Gasteiger partial charge in [-0.3, -0.25) is 4.79 Å². The van der Waals surface area contributed by atoms with E-state index in [9.17, 15) is 4.79 Å². The van der Waals surface area contributed by atoms with Crippen molar-refractivity contribution >= 4 is 16.6 Å². The lowest BCUT2D eigenvalue weighted by Gasteiger charge is -2.38. The van der Waals surface area contributed by atoms with Crippen molar-refractivity contribution in [3.8, 4) is 0 Å². The zero-order chi connectivity index (χ0) is 23.2. The average molecular weight is 443 g/mol. The van der Waals surface area contributed by atoms with Crippen molar-refractivity contribution in [2.45, 2.75) is 58.5 Å². The number of nitrogens with one attached hydrogen (secondary N) is 1. The fraction of sp³-hybridized carbons (Fsp3) is 0.385. The van der Waals surface area contributed by atoms with E-state index in [2.05, 4.69) is 70.4 Å². The molecule has 0 fully saturated rings. The Morgan fingerprint density at radius 3 is 2.79 bits per heavy atom. The smallest absolute Gasteiger partial charge is 0.254 e. The highest BCUT2D eigenvalue weighted by molar-refractivity contribution is 5.82. The number of hydrogen-bond acceptors (Lipinski definition) is 5. The highest BCUT2D eigenvalue weighted by Gasteiger charge is 2.36. The Labute approximate surface area is 193 Å². The normalized spacial score (nSPS) is 15.0. The molecular formula is C26H30N6O. The Morgan fingerprint density at radius 2 is 1.97 bits per heavy atom. The molecule has 3 heterocycles. The fourth-order valence-electron chi connectivity index (χ4n) is 4.83. The number of aromatic amines is 1. The third kappa shape index (κ3) is 3.61. The van der Waals surface area contributed by atoms with Gasteiger partial charge in [0.15, 0.2) is 5.82 Å². The minimum Gasteiger partial charge on any atom is -0.357 e. The predicted molar refractivity (Wildman–Crippen MR) is 131 cm³/mol. The van der Waals surface area contributed by atoms with Crippen molar-refractivity contribution in [3.05, 3.63) is 81.4 Å². The van der Waals surface area contributed by atoms with E-state index in [4.69, 9.17) is 0 Å². The Hall–Kier alpha value is -3.48. The second-order valence-electron chi connectivity index (χ2n) is 9.54. The van der Waals surface area contributed by atoms with Gasteiger partial charge in [0.25, 0.3) is 5.56 Å². The van der Waals surface area contributed by atoms with E-state index in [1.165, 1.54) is 5.56 Å². The van der Waals surface area contributed by atoms with E-state index >= 15 is 0 Å². The lowest BCUT2D eigenvalue weighted by Crippen LogP contribution is -2.40. The molecule has 2 aromatic heterocycles. The van der Waals surface area contributed by atoms with E-state index in [0.29, 0.717) is 11.4 Å². The highest BCUT2D eigenvalue weighted by Crippen LogP contribution is 2.38. The predicted octanol–water partition coefficient (Wildman–Crippen LogP) is 4.51. The second kappa shape index (κ2) is 8.14. The van der Waals surface area contributed by atoms with Crippen molar-refractivity contribution in [3.63, 3.8) is 0 Å². The molecule has 0 bridgehead atoms. The van der Waals surface area contributed by atoms with Crippen LogP contribution in [0.5, 0.6) is 0 Å². The van der Waals surface area contributed by atoms with Crippen LogP contribution in [0.4, 0.5) is 5.69 Å². The number of para-hydroxylation sites is 2. The van der Waals surface area contributed by atoms with Crippen molar-refractivity contribution < 1.29 is 0 Å². The van der Waals surface area contributed by atoms with Crippen LogP contribution in [0.3, 0.4) is 0 Å². The number of anilines is 1. The van der Waals surface area contributed by atoms with Gasteiger partial charge in [-0.1, -0.05) is 43.3 Å². The number of rotatable bonds is 5. The Bertz CT molecular complexity index is 1370. The molecule has 7 nitrogen and oxygen atoms in total. The summed E-state index contributed by atoms with van der Waals surface area (Å²) in [6.45, 7) is 9.22. The molecule has 4 aromatic rings. The van der Waals surface area contributed by atoms with E-state index < -0.39 is 6.04 Å². The van der Waals surface area contributed by atoms with Crippen LogP contribution in [0.15, 0.2) is 53.3 Å². The molecule has 1 unspecified atom stereocenters. The zero-order valence-electron chi connectivity index (χ0n) is 19.7. The van der Waals surface area contributed by atoms with E-state index in [1.807, 2.05) is 35.9 Å². The van der Waals surface area contributed by atoms with E-state index in [-0.39, 0.29) is 11.1 Å². The van der Waals surface area contributed by atoms with Crippen molar-refractivity contribution in [1.82, 2.24) is 25.2 Å². The molecule has 7 heteroatoms. The minimum absolute atomic E-state index is 0.103. The van der Waals surface area contributed by atoms with Gasteiger partial charge in [0.1, 0.15) is 6.04 Å². The molecule has 1 aliphatic heterocycles. The van der Waals surface area contributed by atoms with Gasteiger partial charge in [-0.15, -0.1) is 5.10 Å². The van der Waals surface area contributed by atoms with Gasteiger partial charge in [0, 0.05) is 17.8 Å². The molecule has 2 aromatic carbocycles. The molecule has 33 heavy (non-hydrogen) atoms. The summed E-state index contributed by atoms with van der Waals surface area (Å²) in [4.78, 5) is 19.0. The van der Waals surface area contributed by atoms with Crippen LogP contribution < -0.4 is 10.5 Å². The number of tetrazole rings is 1. The van der Waals surface area contributed by atoms with Crippen LogP contribution in [0.2, 0.25) is 0 Å². The van der Waals surface area contributed by atoms with Gasteiger partial charge in [-0.25, -0.2) is 4.68 Å². The van der Waals surface area contributed by atoms with Gasteiger partial charge in [-0.05, 0) is 79.1 Å². The molecule has 0 saturated heterocycles. The molecule has 1 atom stereocenters. The first-order valence-electron chi connectivity index (χ1n) is 11.7. The number of fused-ring (bicyclic) bond motifs is 2. The largest absolute Gasteiger partial charge is 0.357 e. The van der Waals surface area contributed by atoms with Gasteiger partial charge in [-0.2, -0.15) is 0 Å². The Balaban J connectivity index is 1.78. The minimum atomic E-state index is -0.402. The number of H-pyrrole nitrogens is 1. The first kappa shape index (κ1) is 21.4. The SMILES string of the molecule is CCC(C)(C)n1nnnc1C(c1cc2cccc(C)c2[nH]c1=O)N1CCCc2ccccc21. The maximum atomic E-state index is 13.5. The molecule has 0 radical (unpaired) electrons. The third-order valence-corrected chi connectivity index (χ3v) is 7.05. The standard InChI is InChI=1S/C26H30N6O/c1-5-26(3,4)32-24(28-29-30-32)23(31-15-9-13-18-11-6-7-14-21(18)31)20-16-19-12-8-10-17(2)22(19)27-25(20)33/h6-8,10-12,14,16,23H,5,9,13,15H2,1-4H3,(H,27,33). The summed E-state index contributed by atoms with van der Waals surface area (Å²) in [6, 6.07) is 16.1. The first-order valence-corrected chi connectivity index (χ1v) is 11.7. The number of nitrogens with zero attached hydrogens (tertiary/aromatic N) is 5. The Kier molecular flexibility index (Phi) is 5.27. The highest BCUT2D eigenvalue weighted by atomic mass is 16.1. The average Bonchev–Trinajstić information content (AvgIpc) is 3.31. The van der Waals surface area contributed by atoms with Crippen LogP contribution in [0, 0.1) is 6.92 Å². The van der Waals surface area contributed by atoms with Crippen molar-refractivity contribution in [1.29, 1.82) is 0 Å². The number of aryl methyl sites for hydroxylation is 2. The van der Waals surface area contributed by atoms with Crippen molar-refractivity contribution in [2.24, 2.45) is 0 Å². The molecule has 0 saturated carbocycles. The molecule has 1 N–H and O–H groups in total. The Morgan fingerprint density at radius 1 is 1.15 bits per heavy atom. The fourth-order valence-corrected chi connectivity index (χ4v) is 4.83. The number of pyridine rings is 1. The molecule has 5 rings (SSSR count). The lowest BCUT2D eigenvalue weighted by atomic mass is 9.95. The van der Waals surface area contributed by atoms with Crippen LogP contribution >= 0.6 is 0 Å². The second-order valence-corrected chi connectivity index (χ2v) is 9.54. The number of hydrogen-bond donors (Lipinski definition) is 1. The van der Waals surface area contributed by atoms with Crippen LogP contribution in [-0.2, 0) is 12.0 Å². The molecule has 0 amide bonds. The van der Waals surface area contributed by atoms with Gasteiger partial charge >= 0.3 is 0 Å². The summed E-state index contributed by atoms with van der Waals surface area (Å²) in [5, 5.41) is 14.0. The number of aromatic nitrogens is 5. The zero-order valence-corrected chi connectivity index (χ0v) is 19.7. The summed E-state index contributed by atoms with van der Waals surface area (Å²) in [7, 11) is 0. The first-order chi connectivity index (χ1) is 15.9. The molecule has 170 valence electrons. The number of benzene rings is 2. The summed E-state index contributed by atoms with van der Waals surface area (Å²) in [5.74, 6) is 0.691. The summed E-state index contributed by atoms with van der Waals surface area (Å²) >= 11 is 0. The van der Waals surface area contributed by atoms with Gasteiger partial charge < -0.3 is 9.88 Å². The van der Waals surface area contributed by atoms with Crippen LogP contribution in [0.25, 0.3) is 10.9 Å². The van der Waals surface area contributed by atoms with Crippen molar-refractivity contribution in [2.75, 3.05) is 11.4 Å². The quantitative estimate of drug-likeness (QED) is 0.492. The topological polar surface area (TPSA) is 79.7 Å². The summed E-state index contributed by atoms with van der Waals surface area (Å²) in [6.07, 6.45) is 2.90. The summed E-state index contributed by atoms with van der Waals surface area (Å²) in [5.41, 5.74) is 4.62. The van der Waals surface area contributed by atoms with Crippen LogP contribution in [-0.4, -0.2) is 31.7 Å². The molecular weight excluding hydrogens is 412 g/mol. The monoisotopic (exact) mass is 442 g/mol. The maximum absolute atomic E-state index is 13.5. The molecule has 0 aliphatic carbocycles. The van der Waals surface area contributed by atoms with Crippen LogP contribution in [0.1, 0.15) is 62.2 Å². The lowest BCUT2D eigenvalue weighted by molar-refractivity contribution is 0.287. The van der Waals surface area contributed by atoms with Gasteiger partial charge in [0.2, 0.25) is 0 Å². The summed E-state index contributed by atoms with van der Waals surface area (Å²) < 4.78 is 1.90. The van der Waals surface area contributed by atoms with E-state index in [0.717, 1.165) is 48.0 Å². The molecule has 0 spiro atoms. The molecule has 1 aliphatic rings. The third-order valence-electron chi connectivity index (χ3n) is 7.05. The van der Waals surface area contributed by atoms with E-state index in [1.54, 1.807) is 0 Å². The van der Waals surface area contributed by atoms with Gasteiger partial charge in [0.05, 0.1) is 11.1 Å².